The molecule has 7 heteroatoms. The van der Waals surface area contributed by atoms with E-state index in [1.807, 2.05) is 0 Å². The second kappa shape index (κ2) is 3.55. The summed E-state index contributed by atoms with van der Waals surface area (Å²) in [6, 6.07) is 0. The zero-order valence-corrected chi connectivity index (χ0v) is 10.4. The van der Waals surface area contributed by atoms with Crippen LogP contribution in [0.3, 0.4) is 0 Å². The molecule has 0 aromatic carbocycles. The highest BCUT2D eigenvalue weighted by Crippen LogP contribution is 2.70. The van der Waals surface area contributed by atoms with Crippen molar-refractivity contribution in [3.05, 3.63) is 0 Å². The van der Waals surface area contributed by atoms with Crippen LogP contribution < -0.4 is 0 Å². The highest BCUT2D eigenvalue weighted by atomic mass is 32.2. The number of alkyl halides is 4. The molecule has 0 unspecified atom stereocenters. The van der Waals surface area contributed by atoms with E-state index in [0.717, 1.165) is 0 Å². The Balaban J connectivity index is 1.92. The van der Waals surface area contributed by atoms with Crippen LogP contribution in [0.1, 0.15) is 12.8 Å². The summed E-state index contributed by atoms with van der Waals surface area (Å²) in [5.41, 5.74) is 0. The Hall–Kier alpha value is -0.460. The van der Waals surface area contributed by atoms with Crippen LogP contribution in [0.4, 0.5) is 17.6 Å². The van der Waals surface area contributed by atoms with Crippen LogP contribution in [0.2, 0.25) is 0 Å². The molecule has 0 spiro atoms. The third kappa shape index (κ3) is 1.34. The largest absolute Gasteiger partial charge is 0.469 e. The number of hydrogen-bond donors (Lipinski definition) is 0. The maximum atomic E-state index is 13.8. The average molecular weight is 284 g/mol. The second-order valence-electron chi connectivity index (χ2n) is 5.27. The molecule has 3 rings (SSSR count). The maximum absolute atomic E-state index is 13.8. The Morgan fingerprint density at radius 3 is 2.56 bits per heavy atom. The van der Waals surface area contributed by atoms with Crippen LogP contribution in [0.25, 0.3) is 0 Å². The summed E-state index contributed by atoms with van der Waals surface area (Å²) >= 11 is 0.0944. The number of hydrogen-bond acceptors (Lipinski definition) is 3. The number of rotatable bonds is 1. The lowest BCUT2D eigenvalue weighted by Gasteiger charge is -2.31. The minimum absolute atomic E-state index is 0.0944. The molecule has 5 atom stereocenters. The van der Waals surface area contributed by atoms with Crippen LogP contribution >= 0.6 is 11.8 Å². The fourth-order valence-electron chi connectivity index (χ4n) is 3.82. The Labute approximate surface area is 105 Å². The maximum Gasteiger partial charge on any atom is 0.356 e. The van der Waals surface area contributed by atoms with Crippen molar-refractivity contribution in [2.75, 3.05) is 7.11 Å². The number of halogens is 4. The van der Waals surface area contributed by atoms with Gasteiger partial charge in [-0.1, -0.05) is 11.8 Å². The van der Waals surface area contributed by atoms with Gasteiger partial charge in [0, 0.05) is 11.2 Å². The normalized spacial score (nSPS) is 47.1. The minimum atomic E-state index is -4.02. The van der Waals surface area contributed by atoms with Gasteiger partial charge in [-0.05, 0) is 24.7 Å². The number of fused-ring (bicyclic) bond motifs is 5. The fourth-order valence-corrected chi connectivity index (χ4v) is 5.39. The van der Waals surface area contributed by atoms with Crippen molar-refractivity contribution in [1.82, 2.24) is 0 Å². The molecule has 102 valence electrons. The summed E-state index contributed by atoms with van der Waals surface area (Å²) in [7, 11) is 1.20. The number of carbonyl (C=O) groups excluding carboxylic acids is 1. The van der Waals surface area contributed by atoms with Crippen LogP contribution in [0.5, 0.6) is 0 Å². The van der Waals surface area contributed by atoms with Gasteiger partial charge in [-0.25, -0.2) is 0 Å². The smallest absolute Gasteiger partial charge is 0.356 e. The zero-order chi connectivity index (χ0) is 13.3. The van der Waals surface area contributed by atoms with Crippen LogP contribution in [-0.4, -0.2) is 29.5 Å². The van der Waals surface area contributed by atoms with Gasteiger partial charge in [-0.3, -0.25) is 4.79 Å². The molecule has 0 N–H and O–H groups in total. The van der Waals surface area contributed by atoms with Gasteiger partial charge in [0.15, 0.2) is 0 Å². The molecular formula is C11H12F4O2S. The summed E-state index contributed by atoms with van der Waals surface area (Å²) in [6.45, 7) is 0. The van der Waals surface area contributed by atoms with E-state index in [9.17, 15) is 22.4 Å². The van der Waals surface area contributed by atoms with Gasteiger partial charge < -0.3 is 4.74 Å². The molecule has 18 heavy (non-hydrogen) atoms. The van der Waals surface area contributed by atoms with Crippen molar-refractivity contribution in [2.24, 2.45) is 23.7 Å². The predicted octanol–water partition coefficient (Wildman–Crippen LogP) is 2.78. The van der Waals surface area contributed by atoms with Crippen molar-refractivity contribution in [1.29, 1.82) is 0 Å². The lowest BCUT2D eigenvalue weighted by atomic mass is 9.77. The number of ether oxygens (including phenoxy) is 1. The van der Waals surface area contributed by atoms with E-state index >= 15 is 0 Å². The summed E-state index contributed by atoms with van der Waals surface area (Å²) in [5, 5.41) is -4.73. The third-order valence-corrected chi connectivity index (χ3v) is 6.04. The van der Waals surface area contributed by atoms with E-state index in [-0.39, 0.29) is 17.7 Å². The summed E-state index contributed by atoms with van der Waals surface area (Å²) < 4.78 is 58.7. The molecule has 0 radical (unpaired) electrons. The molecule has 2 bridgehead atoms. The van der Waals surface area contributed by atoms with Crippen molar-refractivity contribution < 1.29 is 27.1 Å². The van der Waals surface area contributed by atoms with Gasteiger partial charge in [-0.2, -0.15) is 17.6 Å². The van der Waals surface area contributed by atoms with Crippen LogP contribution in [-0.2, 0) is 9.53 Å². The first-order valence-corrected chi connectivity index (χ1v) is 6.69. The molecule has 2 nitrogen and oxygen atoms in total. The van der Waals surface area contributed by atoms with E-state index in [1.54, 1.807) is 0 Å². The van der Waals surface area contributed by atoms with E-state index in [4.69, 9.17) is 0 Å². The van der Waals surface area contributed by atoms with Gasteiger partial charge >= 0.3 is 17.1 Å². The topological polar surface area (TPSA) is 26.3 Å². The first-order chi connectivity index (χ1) is 8.29. The van der Waals surface area contributed by atoms with E-state index < -0.39 is 40.2 Å². The first-order valence-electron chi connectivity index (χ1n) is 5.81. The molecular weight excluding hydrogens is 272 g/mol. The average Bonchev–Trinajstić information content (AvgIpc) is 2.88. The van der Waals surface area contributed by atoms with Gasteiger partial charge in [0.25, 0.3) is 0 Å². The molecule has 3 fully saturated rings. The van der Waals surface area contributed by atoms with Gasteiger partial charge in [0.2, 0.25) is 0 Å². The SMILES string of the molecule is COC(=O)[C@H]1C[C@@H]2C[C@@H]1[C@@H]1[C@@H]2SC(F)(F)C1(F)F. The molecule has 0 aromatic rings. The Bertz CT molecular complexity index is 401. The summed E-state index contributed by atoms with van der Waals surface area (Å²) in [4.78, 5) is 11.5. The van der Waals surface area contributed by atoms with Crippen molar-refractivity contribution in [3.63, 3.8) is 0 Å². The monoisotopic (exact) mass is 284 g/mol. The lowest BCUT2D eigenvalue weighted by Crippen LogP contribution is -2.45. The fraction of sp³-hybridized carbons (Fsp3) is 0.909. The predicted molar refractivity (Wildman–Crippen MR) is 56.5 cm³/mol. The first kappa shape index (κ1) is 12.6. The minimum Gasteiger partial charge on any atom is -0.469 e. The summed E-state index contributed by atoms with van der Waals surface area (Å²) in [5.74, 6) is -7.47. The summed E-state index contributed by atoms with van der Waals surface area (Å²) in [6.07, 6.45) is 0.839. The Morgan fingerprint density at radius 2 is 1.94 bits per heavy atom. The molecule has 1 saturated heterocycles. The zero-order valence-electron chi connectivity index (χ0n) is 9.54. The molecule has 1 aliphatic heterocycles. The van der Waals surface area contributed by atoms with Crippen LogP contribution in [0.15, 0.2) is 0 Å². The Morgan fingerprint density at radius 1 is 1.28 bits per heavy atom. The number of esters is 1. The molecule has 2 saturated carbocycles. The highest BCUT2D eigenvalue weighted by molar-refractivity contribution is 8.01. The van der Waals surface area contributed by atoms with Crippen LogP contribution in [0, 0.1) is 23.7 Å². The van der Waals surface area contributed by atoms with Crippen molar-refractivity contribution in [2.45, 2.75) is 29.3 Å². The number of carbonyl (C=O) groups is 1. The van der Waals surface area contributed by atoms with Gasteiger partial charge in [0.05, 0.1) is 13.0 Å². The van der Waals surface area contributed by atoms with Crippen molar-refractivity contribution in [3.8, 4) is 0 Å². The Kier molecular flexibility index (Phi) is 2.48. The molecule has 2 aliphatic carbocycles. The van der Waals surface area contributed by atoms with Crippen molar-refractivity contribution >= 4 is 17.7 Å². The van der Waals surface area contributed by atoms with E-state index in [1.165, 1.54) is 7.11 Å². The highest BCUT2D eigenvalue weighted by Gasteiger charge is 2.77. The number of thioether (sulfide) groups is 1. The van der Waals surface area contributed by atoms with E-state index in [2.05, 4.69) is 4.74 Å². The standard InChI is InChI=1S/C11H12F4O2S/c1-17-9(16)6-3-4-2-5(6)7-8(4)18-11(14,15)10(7,12)13/h4-8H,2-3H2,1H3/t4-,5-,6-,7+,8+/m0/s1. The van der Waals surface area contributed by atoms with Gasteiger partial charge in [0.1, 0.15) is 0 Å². The van der Waals surface area contributed by atoms with E-state index in [0.29, 0.717) is 12.8 Å². The lowest BCUT2D eigenvalue weighted by molar-refractivity contribution is -0.188. The molecule has 1 heterocycles. The third-order valence-electron chi connectivity index (χ3n) is 4.52. The molecule has 0 amide bonds. The quantitative estimate of drug-likeness (QED) is 0.547. The molecule has 3 aliphatic rings. The number of methoxy groups -OCH3 is 1. The molecule has 0 aromatic heterocycles. The second-order valence-corrected chi connectivity index (χ2v) is 6.57. The van der Waals surface area contributed by atoms with Gasteiger partial charge in [-0.15, -0.1) is 0 Å².